The smallest absolute Gasteiger partial charge is 0.417 e. The molecule has 3 rings (SSSR count). The molecule has 3 aromatic rings. The summed E-state index contributed by atoms with van der Waals surface area (Å²) in [4.78, 5) is 14.5. The summed E-state index contributed by atoms with van der Waals surface area (Å²) in [6.07, 6.45) is -4.67. The van der Waals surface area contributed by atoms with Crippen LogP contribution in [-0.2, 0) is 6.18 Å². The highest BCUT2D eigenvalue weighted by molar-refractivity contribution is 6.32. The average molecular weight is 403 g/mol. The fraction of sp³-hybridized carbons (Fsp3) is 0.118. The Morgan fingerprint density at radius 2 is 1.85 bits per heavy atom. The molecule has 0 amide bonds. The highest BCUT2D eigenvalue weighted by Crippen LogP contribution is 2.42. The summed E-state index contributed by atoms with van der Waals surface area (Å²) < 4.78 is 44.6. The number of alkyl halides is 3. The lowest BCUT2D eigenvalue weighted by Gasteiger charge is -2.16. The third kappa shape index (κ3) is 3.08. The molecule has 0 aliphatic rings. The minimum atomic E-state index is -4.67. The van der Waals surface area contributed by atoms with E-state index < -0.39 is 22.3 Å². The first-order valence-corrected chi connectivity index (χ1v) is 7.95. The lowest BCUT2D eigenvalue weighted by Crippen LogP contribution is -2.15. The van der Waals surface area contributed by atoms with Gasteiger partial charge >= 0.3 is 6.18 Å². The summed E-state index contributed by atoms with van der Waals surface area (Å²) in [6, 6.07) is 6.54. The molecular weight excluding hydrogens is 392 g/mol. The van der Waals surface area contributed by atoms with Crippen molar-refractivity contribution in [1.82, 2.24) is 4.98 Å². The molecule has 0 saturated heterocycles. The molecule has 0 atom stereocenters. The standard InChI is InChI=1S/C17H11Cl2F3N2O2/c1-26-13-3-2-7(18)4-9(13)14-8-5-11(19)10(17(20,21)22)6-12(8)24-16(25)15(14)23/h2-6H,23H2,1H3,(H,24,25). The number of nitrogens with two attached hydrogens (primary N) is 1. The summed E-state index contributed by atoms with van der Waals surface area (Å²) in [7, 11) is 1.41. The third-order valence-corrected chi connectivity index (χ3v) is 4.42. The van der Waals surface area contributed by atoms with Crippen LogP contribution in [0.5, 0.6) is 5.75 Å². The van der Waals surface area contributed by atoms with Gasteiger partial charge in [0.05, 0.1) is 17.7 Å². The van der Waals surface area contributed by atoms with E-state index in [1.807, 2.05) is 0 Å². The zero-order valence-corrected chi connectivity index (χ0v) is 14.7. The molecule has 26 heavy (non-hydrogen) atoms. The molecule has 0 fully saturated rings. The van der Waals surface area contributed by atoms with Crippen LogP contribution in [0.3, 0.4) is 0 Å². The van der Waals surface area contributed by atoms with Crippen LogP contribution in [0.15, 0.2) is 35.1 Å². The number of rotatable bonds is 2. The summed E-state index contributed by atoms with van der Waals surface area (Å²) in [6.45, 7) is 0. The SMILES string of the molecule is COc1ccc(Cl)cc1-c1c(N)c(=O)[nH]c2cc(C(F)(F)F)c(Cl)cc12. The van der Waals surface area contributed by atoms with Crippen molar-refractivity contribution in [2.45, 2.75) is 6.18 Å². The highest BCUT2D eigenvalue weighted by atomic mass is 35.5. The summed E-state index contributed by atoms with van der Waals surface area (Å²) >= 11 is 11.9. The number of nitrogens with one attached hydrogen (secondary N) is 1. The fourth-order valence-corrected chi connectivity index (χ4v) is 3.16. The predicted octanol–water partition coefficient (Wildman–Crippen LogP) is 5.11. The highest BCUT2D eigenvalue weighted by Gasteiger charge is 2.34. The molecular formula is C17H11Cl2F3N2O2. The maximum atomic E-state index is 13.1. The number of pyridine rings is 1. The minimum Gasteiger partial charge on any atom is -0.496 e. The van der Waals surface area contributed by atoms with Gasteiger partial charge in [-0.25, -0.2) is 0 Å². The van der Waals surface area contributed by atoms with Crippen LogP contribution in [0.4, 0.5) is 18.9 Å². The van der Waals surface area contributed by atoms with Gasteiger partial charge in [0.25, 0.3) is 5.56 Å². The van der Waals surface area contributed by atoms with Crippen LogP contribution in [-0.4, -0.2) is 12.1 Å². The normalized spacial score (nSPS) is 11.8. The van der Waals surface area contributed by atoms with Crippen LogP contribution < -0.4 is 16.0 Å². The van der Waals surface area contributed by atoms with Crippen LogP contribution in [0, 0.1) is 0 Å². The van der Waals surface area contributed by atoms with Crippen molar-refractivity contribution >= 4 is 39.8 Å². The van der Waals surface area contributed by atoms with Crippen molar-refractivity contribution in [2.75, 3.05) is 12.8 Å². The number of H-pyrrole nitrogens is 1. The number of ether oxygens (including phenoxy) is 1. The van der Waals surface area contributed by atoms with Gasteiger partial charge in [-0.2, -0.15) is 13.2 Å². The number of aromatic amines is 1. The minimum absolute atomic E-state index is 0.0575. The first-order chi connectivity index (χ1) is 12.1. The Labute approximate surface area is 155 Å². The molecule has 9 heteroatoms. The number of anilines is 1. The van der Waals surface area contributed by atoms with Gasteiger partial charge in [0.15, 0.2) is 0 Å². The topological polar surface area (TPSA) is 68.1 Å². The Kier molecular flexibility index (Phi) is 4.54. The molecule has 0 bridgehead atoms. The predicted molar refractivity (Wildman–Crippen MR) is 96.0 cm³/mol. The summed E-state index contributed by atoms with van der Waals surface area (Å²) in [5.41, 5.74) is 4.44. The van der Waals surface area contributed by atoms with Gasteiger partial charge in [-0.05, 0) is 30.3 Å². The van der Waals surface area contributed by atoms with E-state index in [9.17, 15) is 18.0 Å². The van der Waals surface area contributed by atoms with E-state index in [1.54, 1.807) is 12.1 Å². The van der Waals surface area contributed by atoms with Crippen molar-refractivity contribution in [3.8, 4) is 16.9 Å². The fourth-order valence-electron chi connectivity index (χ4n) is 2.71. The van der Waals surface area contributed by atoms with Crippen LogP contribution in [0.25, 0.3) is 22.0 Å². The van der Waals surface area contributed by atoms with Gasteiger partial charge in [-0.15, -0.1) is 0 Å². The van der Waals surface area contributed by atoms with Gasteiger partial charge in [-0.3, -0.25) is 4.79 Å². The van der Waals surface area contributed by atoms with Crippen LogP contribution >= 0.6 is 23.2 Å². The van der Waals surface area contributed by atoms with E-state index in [2.05, 4.69) is 4.98 Å². The first-order valence-electron chi connectivity index (χ1n) is 7.19. The maximum Gasteiger partial charge on any atom is 0.417 e. The van der Waals surface area contributed by atoms with Crippen molar-refractivity contribution in [3.63, 3.8) is 0 Å². The van der Waals surface area contributed by atoms with E-state index >= 15 is 0 Å². The quantitative estimate of drug-likeness (QED) is 0.625. The van der Waals surface area contributed by atoms with E-state index in [0.29, 0.717) is 16.3 Å². The molecule has 136 valence electrons. The Balaban J connectivity index is 2.47. The van der Waals surface area contributed by atoms with E-state index in [4.69, 9.17) is 33.7 Å². The Morgan fingerprint density at radius 1 is 1.15 bits per heavy atom. The number of nitrogen functional groups attached to an aromatic ring is 1. The Bertz CT molecular complexity index is 1080. The second-order valence-corrected chi connectivity index (χ2v) is 6.31. The van der Waals surface area contributed by atoms with Crippen molar-refractivity contribution < 1.29 is 17.9 Å². The molecule has 0 aliphatic carbocycles. The van der Waals surface area contributed by atoms with Gasteiger partial charge in [0.1, 0.15) is 11.4 Å². The van der Waals surface area contributed by atoms with Crippen molar-refractivity contribution in [2.24, 2.45) is 0 Å². The van der Waals surface area contributed by atoms with E-state index in [-0.39, 0.29) is 22.2 Å². The zero-order valence-electron chi connectivity index (χ0n) is 13.2. The van der Waals surface area contributed by atoms with E-state index in [0.717, 1.165) is 12.1 Å². The molecule has 4 nitrogen and oxygen atoms in total. The molecule has 0 aliphatic heterocycles. The molecule has 1 aromatic heterocycles. The lowest BCUT2D eigenvalue weighted by atomic mass is 9.97. The monoisotopic (exact) mass is 402 g/mol. The van der Waals surface area contributed by atoms with Gasteiger partial charge in [-0.1, -0.05) is 23.2 Å². The zero-order chi connectivity index (χ0) is 19.2. The third-order valence-electron chi connectivity index (χ3n) is 3.87. The molecule has 1 heterocycles. The number of hydrogen-bond donors (Lipinski definition) is 2. The van der Waals surface area contributed by atoms with Gasteiger partial charge < -0.3 is 15.5 Å². The van der Waals surface area contributed by atoms with Gasteiger partial charge in [0, 0.05) is 27.1 Å². The second kappa shape index (κ2) is 6.41. The maximum absolute atomic E-state index is 13.1. The number of hydrogen-bond acceptors (Lipinski definition) is 3. The molecule has 2 aromatic carbocycles. The molecule has 0 spiro atoms. The van der Waals surface area contributed by atoms with Crippen LogP contribution in [0.1, 0.15) is 5.56 Å². The average Bonchev–Trinajstić information content (AvgIpc) is 2.55. The number of methoxy groups -OCH3 is 1. The molecule has 3 N–H and O–H groups in total. The Morgan fingerprint density at radius 3 is 2.46 bits per heavy atom. The summed E-state index contributed by atoms with van der Waals surface area (Å²) in [5, 5.41) is 0.0611. The molecule has 0 saturated carbocycles. The van der Waals surface area contributed by atoms with Crippen molar-refractivity contribution in [3.05, 3.63) is 56.3 Å². The molecule has 0 unspecified atom stereocenters. The Hall–Kier alpha value is -2.38. The number of aromatic nitrogens is 1. The number of benzene rings is 2. The summed E-state index contributed by atoms with van der Waals surface area (Å²) in [5.74, 6) is 0.351. The lowest BCUT2D eigenvalue weighted by molar-refractivity contribution is -0.137. The van der Waals surface area contributed by atoms with Gasteiger partial charge in [0.2, 0.25) is 0 Å². The number of fused-ring (bicyclic) bond motifs is 1. The van der Waals surface area contributed by atoms with Crippen molar-refractivity contribution in [1.29, 1.82) is 0 Å². The van der Waals surface area contributed by atoms with Crippen LogP contribution in [0.2, 0.25) is 10.0 Å². The number of halogens is 5. The first kappa shape index (κ1) is 18.4. The largest absolute Gasteiger partial charge is 0.496 e. The second-order valence-electron chi connectivity index (χ2n) is 5.46. The van der Waals surface area contributed by atoms with E-state index in [1.165, 1.54) is 13.2 Å². The molecule has 0 radical (unpaired) electrons.